The van der Waals surface area contributed by atoms with Crippen molar-refractivity contribution in [1.82, 2.24) is 10.1 Å². The van der Waals surface area contributed by atoms with Gasteiger partial charge in [-0.2, -0.15) is 5.10 Å². The Morgan fingerprint density at radius 3 is 2.31 bits per heavy atom. The number of nitrogens with zero attached hydrogens (tertiary/aromatic N) is 4. The van der Waals surface area contributed by atoms with Crippen molar-refractivity contribution in [3.63, 3.8) is 0 Å². The molecule has 5 nitrogen and oxygen atoms in total. The van der Waals surface area contributed by atoms with Gasteiger partial charge >= 0.3 is 0 Å². The average Bonchev–Trinajstić information content (AvgIpc) is 2.27. The lowest BCUT2D eigenvalue weighted by molar-refractivity contribution is 0.372. The summed E-state index contributed by atoms with van der Waals surface area (Å²) in [6.07, 6.45) is 0. The Kier molecular flexibility index (Phi) is 4.13. The summed E-state index contributed by atoms with van der Waals surface area (Å²) >= 11 is 0. The minimum absolute atomic E-state index is 0.774. The van der Waals surface area contributed by atoms with Crippen LogP contribution in [0, 0.1) is 0 Å². The van der Waals surface area contributed by atoms with Gasteiger partial charge in [-0.3, -0.25) is 4.99 Å². The van der Waals surface area contributed by atoms with Gasteiger partial charge in [0, 0.05) is 14.1 Å². The SMILES string of the molecule is C/N=C(\C)c1cccc(/C(C)=N/N(C)N)n1. The number of hydrazine groups is 1. The molecule has 86 valence electrons. The molecule has 0 amide bonds. The van der Waals surface area contributed by atoms with Crippen LogP contribution in [0.4, 0.5) is 0 Å². The van der Waals surface area contributed by atoms with E-state index < -0.39 is 0 Å². The number of aromatic nitrogens is 1. The van der Waals surface area contributed by atoms with Crippen molar-refractivity contribution >= 4 is 11.4 Å². The Morgan fingerprint density at radius 2 is 1.81 bits per heavy atom. The molecule has 1 aromatic rings. The summed E-state index contributed by atoms with van der Waals surface area (Å²) < 4.78 is 0. The second-order valence-corrected chi connectivity index (χ2v) is 3.48. The van der Waals surface area contributed by atoms with E-state index in [9.17, 15) is 0 Å². The minimum Gasteiger partial charge on any atom is -0.291 e. The van der Waals surface area contributed by atoms with Gasteiger partial charge in [0.25, 0.3) is 0 Å². The predicted octanol–water partition coefficient (Wildman–Crippen LogP) is 1.05. The molecule has 1 heterocycles. The largest absolute Gasteiger partial charge is 0.291 e. The molecular weight excluding hydrogens is 202 g/mol. The summed E-state index contributed by atoms with van der Waals surface area (Å²) in [5.41, 5.74) is 3.33. The van der Waals surface area contributed by atoms with Crippen LogP contribution in [0.3, 0.4) is 0 Å². The molecule has 0 aromatic carbocycles. The fourth-order valence-electron chi connectivity index (χ4n) is 1.24. The zero-order chi connectivity index (χ0) is 12.1. The second-order valence-electron chi connectivity index (χ2n) is 3.48. The molecule has 0 aliphatic heterocycles. The van der Waals surface area contributed by atoms with Gasteiger partial charge in [0.05, 0.1) is 22.8 Å². The molecule has 0 spiro atoms. The van der Waals surface area contributed by atoms with E-state index in [4.69, 9.17) is 5.84 Å². The van der Waals surface area contributed by atoms with Gasteiger partial charge in [-0.05, 0) is 26.0 Å². The molecule has 0 radical (unpaired) electrons. The van der Waals surface area contributed by atoms with Gasteiger partial charge in [0.15, 0.2) is 0 Å². The van der Waals surface area contributed by atoms with Crippen molar-refractivity contribution in [2.24, 2.45) is 15.9 Å². The first-order chi connectivity index (χ1) is 7.54. The zero-order valence-electron chi connectivity index (χ0n) is 10.1. The lowest BCUT2D eigenvalue weighted by atomic mass is 10.2. The van der Waals surface area contributed by atoms with Crippen molar-refractivity contribution in [3.05, 3.63) is 29.6 Å². The summed E-state index contributed by atoms with van der Waals surface area (Å²) in [5.74, 6) is 5.45. The van der Waals surface area contributed by atoms with Gasteiger partial charge < -0.3 is 0 Å². The molecule has 1 aromatic heterocycles. The molecule has 0 atom stereocenters. The third-order valence-corrected chi connectivity index (χ3v) is 2.13. The number of rotatable bonds is 3. The van der Waals surface area contributed by atoms with Crippen LogP contribution in [0.2, 0.25) is 0 Å². The van der Waals surface area contributed by atoms with E-state index >= 15 is 0 Å². The number of aliphatic imine (C=N–C) groups is 1. The number of nitrogens with two attached hydrogens (primary N) is 1. The highest BCUT2D eigenvalue weighted by Crippen LogP contribution is 2.03. The molecule has 0 saturated heterocycles. The quantitative estimate of drug-likeness (QED) is 0.469. The molecule has 0 unspecified atom stereocenters. The maximum Gasteiger partial charge on any atom is 0.0868 e. The molecular formula is C11H17N5. The molecule has 0 fully saturated rings. The Bertz CT molecular complexity index is 420. The topological polar surface area (TPSA) is 66.9 Å². The van der Waals surface area contributed by atoms with E-state index in [-0.39, 0.29) is 0 Å². The standard InChI is InChI=1S/C11H17N5/c1-8(13-3)10-6-5-7-11(14-10)9(2)15-16(4)12/h5-7H,12H2,1-4H3/b13-8+,15-9+. The number of hydrazone groups is 1. The molecule has 1 rings (SSSR count). The summed E-state index contributed by atoms with van der Waals surface area (Å²) in [4.78, 5) is 8.55. The Morgan fingerprint density at radius 1 is 1.25 bits per heavy atom. The summed E-state index contributed by atoms with van der Waals surface area (Å²) in [7, 11) is 3.42. The van der Waals surface area contributed by atoms with Crippen LogP contribution in [0.5, 0.6) is 0 Å². The highest BCUT2D eigenvalue weighted by atomic mass is 15.6. The third kappa shape index (κ3) is 3.13. The lowest BCUT2D eigenvalue weighted by Gasteiger charge is -2.07. The third-order valence-electron chi connectivity index (χ3n) is 2.13. The van der Waals surface area contributed by atoms with E-state index in [2.05, 4.69) is 15.1 Å². The molecule has 0 bridgehead atoms. The van der Waals surface area contributed by atoms with Crippen molar-refractivity contribution in [1.29, 1.82) is 0 Å². The van der Waals surface area contributed by atoms with Gasteiger partial charge in [0.2, 0.25) is 0 Å². The highest BCUT2D eigenvalue weighted by molar-refractivity contribution is 6.00. The molecule has 16 heavy (non-hydrogen) atoms. The Balaban J connectivity index is 3.08. The van der Waals surface area contributed by atoms with Gasteiger partial charge in [-0.25, -0.2) is 15.9 Å². The van der Waals surface area contributed by atoms with Crippen molar-refractivity contribution in [2.45, 2.75) is 13.8 Å². The van der Waals surface area contributed by atoms with E-state index in [1.165, 1.54) is 5.12 Å². The second kappa shape index (κ2) is 5.37. The van der Waals surface area contributed by atoms with Crippen LogP contribution < -0.4 is 5.84 Å². The van der Waals surface area contributed by atoms with Crippen LogP contribution in [0.1, 0.15) is 25.2 Å². The van der Waals surface area contributed by atoms with Gasteiger partial charge in [-0.15, -0.1) is 0 Å². The van der Waals surface area contributed by atoms with Crippen LogP contribution in [0.25, 0.3) is 0 Å². The average molecular weight is 219 g/mol. The lowest BCUT2D eigenvalue weighted by Crippen LogP contribution is -2.21. The van der Waals surface area contributed by atoms with Crippen LogP contribution in [0.15, 0.2) is 28.3 Å². The first kappa shape index (κ1) is 12.3. The first-order valence-electron chi connectivity index (χ1n) is 4.99. The molecule has 0 aliphatic carbocycles. The summed E-state index contributed by atoms with van der Waals surface area (Å²) in [6, 6.07) is 5.75. The van der Waals surface area contributed by atoms with Crippen LogP contribution in [-0.4, -0.2) is 35.6 Å². The summed E-state index contributed by atoms with van der Waals surface area (Å²) in [6.45, 7) is 3.79. The Labute approximate surface area is 95.7 Å². The Hall–Kier alpha value is -1.75. The molecule has 0 saturated carbocycles. The van der Waals surface area contributed by atoms with E-state index in [1.54, 1.807) is 14.1 Å². The minimum atomic E-state index is 0.774. The fourth-order valence-corrected chi connectivity index (χ4v) is 1.24. The zero-order valence-corrected chi connectivity index (χ0v) is 10.1. The molecule has 2 N–H and O–H groups in total. The van der Waals surface area contributed by atoms with Crippen molar-refractivity contribution < 1.29 is 0 Å². The van der Waals surface area contributed by atoms with Gasteiger partial charge in [-0.1, -0.05) is 6.07 Å². The molecule has 5 heteroatoms. The van der Waals surface area contributed by atoms with E-state index in [1.807, 2.05) is 32.0 Å². The predicted molar refractivity (Wildman–Crippen MR) is 66.5 cm³/mol. The van der Waals surface area contributed by atoms with E-state index in [0.717, 1.165) is 22.8 Å². The van der Waals surface area contributed by atoms with E-state index in [0.29, 0.717) is 0 Å². The number of hydrogen-bond acceptors (Lipinski definition) is 5. The smallest absolute Gasteiger partial charge is 0.0868 e. The van der Waals surface area contributed by atoms with Crippen molar-refractivity contribution in [3.8, 4) is 0 Å². The maximum absolute atomic E-state index is 5.45. The molecule has 0 aliphatic rings. The first-order valence-corrected chi connectivity index (χ1v) is 4.99. The highest BCUT2D eigenvalue weighted by Gasteiger charge is 2.03. The normalized spacial score (nSPS) is 12.8. The maximum atomic E-state index is 5.45. The van der Waals surface area contributed by atoms with Crippen LogP contribution >= 0.6 is 0 Å². The summed E-state index contributed by atoms with van der Waals surface area (Å²) in [5, 5.41) is 5.37. The van der Waals surface area contributed by atoms with Crippen molar-refractivity contribution in [2.75, 3.05) is 14.1 Å². The number of pyridine rings is 1. The van der Waals surface area contributed by atoms with Crippen LogP contribution in [-0.2, 0) is 0 Å². The number of hydrogen-bond donors (Lipinski definition) is 1. The van der Waals surface area contributed by atoms with Gasteiger partial charge in [0.1, 0.15) is 0 Å². The monoisotopic (exact) mass is 219 g/mol. The fraction of sp³-hybridized carbons (Fsp3) is 0.364.